The van der Waals surface area contributed by atoms with Crippen molar-refractivity contribution in [2.24, 2.45) is 17.3 Å². The second-order valence-electron chi connectivity index (χ2n) is 6.33. The van der Waals surface area contributed by atoms with E-state index in [9.17, 15) is 0 Å². The van der Waals surface area contributed by atoms with Crippen molar-refractivity contribution in [3.63, 3.8) is 0 Å². The predicted molar refractivity (Wildman–Crippen MR) is 74.1 cm³/mol. The maximum absolute atomic E-state index is 4.50. The third kappa shape index (κ3) is 2.22. The van der Waals surface area contributed by atoms with Gasteiger partial charge in [-0.15, -0.1) is 0 Å². The van der Waals surface area contributed by atoms with Crippen molar-refractivity contribution in [3.05, 3.63) is 22.8 Å². The highest BCUT2D eigenvalue weighted by Gasteiger charge is 2.44. The third-order valence-corrected chi connectivity index (χ3v) is 4.71. The highest BCUT2D eigenvalue weighted by molar-refractivity contribution is 9.10. The van der Waals surface area contributed by atoms with Crippen LogP contribution < -0.4 is 4.90 Å². The number of hydrogen-bond acceptors (Lipinski definition) is 2. The SMILES string of the molecule is CC1(C)CC2CN(c3ccc(Br)cn3)CC2C1. The zero-order chi connectivity index (χ0) is 12.0. The summed E-state index contributed by atoms with van der Waals surface area (Å²) < 4.78 is 1.06. The summed E-state index contributed by atoms with van der Waals surface area (Å²) in [7, 11) is 0. The number of rotatable bonds is 1. The number of anilines is 1. The molecule has 1 aromatic heterocycles. The maximum atomic E-state index is 4.50. The Labute approximate surface area is 112 Å². The summed E-state index contributed by atoms with van der Waals surface area (Å²) in [5.41, 5.74) is 0.564. The van der Waals surface area contributed by atoms with E-state index >= 15 is 0 Å². The second kappa shape index (κ2) is 3.98. The molecule has 1 saturated heterocycles. The number of pyridine rings is 1. The molecule has 2 atom stereocenters. The minimum absolute atomic E-state index is 0.564. The van der Waals surface area contributed by atoms with Crippen molar-refractivity contribution in [1.29, 1.82) is 0 Å². The van der Waals surface area contributed by atoms with Crippen LogP contribution in [0.15, 0.2) is 22.8 Å². The molecule has 0 bridgehead atoms. The largest absolute Gasteiger partial charge is 0.356 e. The first-order chi connectivity index (χ1) is 8.03. The summed E-state index contributed by atoms with van der Waals surface area (Å²) in [6.45, 7) is 7.21. The van der Waals surface area contributed by atoms with E-state index in [4.69, 9.17) is 0 Å². The third-order valence-electron chi connectivity index (χ3n) is 4.24. The fourth-order valence-electron chi connectivity index (χ4n) is 3.65. The molecule has 0 amide bonds. The Bertz CT molecular complexity index is 397. The molecule has 92 valence electrons. The summed E-state index contributed by atoms with van der Waals surface area (Å²) >= 11 is 3.44. The fourth-order valence-corrected chi connectivity index (χ4v) is 3.88. The average Bonchev–Trinajstić information content (AvgIpc) is 2.72. The van der Waals surface area contributed by atoms with Gasteiger partial charge in [-0.05, 0) is 58.2 Å². The van der Waals surface area contributed by atoms with Crippen LogP contribution in [-0.2, 0) is 0 Å². The number of hydrogen-bond donors (Lipinski definition) is 0. The van der Waals surface area contributed by atoms with E-state index < -0.39 is 0 Å². The lowest BCUT2D eigenvalue weighted by atomic mass is 9.90. The molecular formula is C14H19BrN2. The number of nitrogens with zero attached hydrogens (tertiary/aromatic N) is 2. The summed E-state index contributed by atoms with van der Waals surface area (Å²) in [6.07, 6.45) is 4.66. The first-order valence-electron chi connectivity index (χ1n) is 6.40. The fraction of sp³-hybridized carbons (Fsp3) is 0.643. The van der Waals surface area contributed by atoms with Gasteiger partial charge < -0.3 is 4.90 Å². The van der Waals surface area contributed by atoms with Gasteiger partial charge in [-0.2, -0.15) is 0 Å². The zero-order valence-corrected chi connectivity index (χ0v) is 12.1. The molecule has 1 aromatic rings. The van der Waals surface area contributed by atoms with Crippen LogP contribution in [-0.4, -0.2) is 18.1 Å². The van der Waals surface area contributed by atoms with Gasteiger partial charge in [0.2, 0.25) is 0 Å². The highest BCUT2D eigenvalue weighted by atomic mass is 79.9. The van der Waals surface area contributed by atoms with E-state index in [1.165, 1.54) is 25.9 Å². The molecule has 2 unspecified atom stereocenters. The minimum atomic E-state index is 0.564. The average molecular weight is 295 g/mol. The second-order valence-corrected chi connectivity index (χ2v) is 7.25. The van der Waals surface area contributed by atoms with Crippen LogP contribution in [0.25, 0.3) is 0 Å². The van der Waals surface area contributed by atoms with E-state index in [1.54, 1.807) is 0 Å². The van der Waals surface area contributed by atoms with Gasteiger partial charge >= 0.3 is 0 Å². The maximum Gasteiger partial charge on any atom is 0.128 e. The Kier molecular flexibility index (Phi) is 2.69. The zero-order valence-electron chi connectivity index (χ0n) is 10.5. The highest BCUT2D eigenvalue weighted by Crippen LogP contribution is 2.48. The van der Waals surface area contributed by atoms with Crippen molar-refractivity contribution in [3.8, 4) is 0 Å². The first-order valence-corrected chi connectivity index (χ1v) is 7.19. The summed E-state index contributed by atoms with van der Waals surface area (Å²) in [5, 5.41) is 0. The van der Waals surface area contributed by atoms with Gasteiger partial charge in [0.05, 0.1) is 0 Å². The van der Waals surface area contributed by atoms with Crippen LogP contribution in [0.3, 0.4) is 0 Å². The Balaban J connectivity index is 1.72. The molecule has 3 rings (SSSR count). The van der Waals surface area contributed by atoms with Gasteiger partial charge in [0.15, 0.2) is 0 Å². The molecule has 0 N–H and O–H groups in total. The van der Waals surface area contributed by atoms with Gasteiger partial charge in [-0.3, -0.25) is 0 Å². The molecule has 1 aliphatic heterocycles. The molecule has 2 aliphatic rings. The molecule has 17 heavy (non-hydrogen) atoms. The van der Waals surface area contributed by atoms with Crippen LogP contribution >= 0.6 is 15.9 Å². The standard InChI is InChI=1S/C14H19BrN2/c1-14(2)5-10-8-17(9-11(10)6-14)13-4-3-12(15)7-16-13/h3-4,7,10-11H,5-6,8-9H2,1-2H3. The number of aromatic nitrogens is 1. The van der Waals surface area contributed by atoms with Crippen molar-refractivity contribution >= 4 is 21.7 Å². The molecule has 0 aromatic carbocycles. The van der Waals surface area contributed by atoms with Crippen molar-refractivity contribution < 1.29 is 0 Å². The molecule has 0 radical (unpaired) electrons. The Morgan fingerprint density at radius 3 is 2.41 bits per heavy atom. The predicted octanol–water partition coefficient (Wildman–Crippen LogP) is 3.72. The molecule has 1 saturated carbocycles. The smallest absolute Gasteiger partial charge is 0.128 e. The van der Waals surface area contributed by atoms with Gasteiger partial charge in [0, 0.05) is 23.8 Å². The van der Waals surface area contributed by atoms with Crippen LogP contribution in [0.5, 0.6) is 0 Å². The van der Waals surface area contributed by atoms with E-state index in [2.05, 4.69) is 51.8 Å². The molecule has 3 heteroatoms. The first kappa shape index (κ1) is 11.5. The van der Waals surface area contributed by atoms with Crippen LogP contribution in [0.2, 0.25) is 0 Å². The van der Waals surface area contributed by atoms with Gasteiger partial charge in [0.25, 0.3) is 0 Å². The van der Waals surface area contributed by atoms with E-state index in [0.29, 0.717) is 5.41 Å². The normalized spacial score (nSPS) is 30.6. The Morgan fingerprint density at radius 2 is 1.88 bits per heavy atom. The molecule has 2 fully saturated rings. The number of fused-ring (bicyclic) bond motifs is 1. The van der Waals surface area contributed by atoms with Crippen molar-refractivity contribution in [1.82, 2.24) is 4.98 Å². The minimum Gasteiger partial charge on any atom is -0.356 e. The summed E-state index contributed by atoms with van der Waals surface area (Å²) in [6, 6.07) is 4.21. The molecule has 2 nitrogen and oxygen atoms in total. The Morgan fingerprint density at radius 1 is 1.24 bits per heavy atom. The Hall–Kier alpha value is -0.570. The van der Waals surface area contributed by atoms with Crippen molar-refractivity contribution in [2.75, 3.05) is 18.0 Å². The summed E-state index contributed by atoms with van der Waals surface area (Å²) in [5.74, 6) is 2.91. The lowest BCUT2D eigenvalue weighted by molar-refractivity contribution is 0.352. The molecule has 1 aliphatic carbocycles. The lowest BCUT2D eigenvalue weighted by Crippen LogP contribution is -2.23. The van der Waals surface area contributed by atoms with E-state index in [1.807, 2.05) is 6.20 Å². The quantitative estimate of drug-likeness (QED) is 0.785. The molecule has 2 heterocycles. The van der Waals surface area contributed by atoms with Crippen molar-refractivity contribution in [2.45, 2.75) is 26.7 Å². The van der Waals surface area contributed by atoms with E-state index in [0.717, 1.165) is 22.1 Å². The van der Waals surface area contributed by atoms with Crippen LogP contribution in [0.4, 0.5) is 5.82 Å². The lowest BCUT2D eigenvalue weighted by Gasteiger charge is -2.23. The van der Waals surface area contributed by atoms with Gasteiger partial charge in [-0.1, -0.05) is 13.8 Å². The van der Waals surface area contributed by atoms with Crippen LogP contribution in [0, 0.1) is 17.3 Å². The van der Waals surface area contributed by atoms with Crippen LogP contribution in [0.1, 0.15) is 26.7 Å². The topological polar surface area (TPSA) is 16.1 Å². The number of halogens is 1. The molecular weight excluding hydrogens is 276 g/mol. The monoisotopic (exact) mass is 294 g/mol. The van der Waals surface area contributed by atoms with E-state index in [-0.39, 0.29) is 0 Å². The summed E-state index contributed by atoms with van der Waals surface area (Å²) in [4.78, 5) is 6.96. The van der Waals surface area contributed by atoms with Gasteiger partial charge in [0.1, 0.15) is 5.82 Å². The molecule has 0 spiro atoms. The van der Waals surface area contributed by atoms with Gasteiger partial charge in [-0.25, -0.2) is 4.98 Å².